The molecule has 3 rings (SSSR count). The first-order valence-corrected chi connectivity index (χ1v) is 9.10. The summed E-state index contributed by atoms with van der Waals surface area (Å²) in [5, 5.41) is 7.44. The van der Waals surface area contributed by atoms with E-state index in [4.69, 9.17) is 4.74 Å². The van der Waals surface area contributed by atoms with Crippen molar-refractivity contribution in [1.82, 2.24) is 14.8 Å². The molecule has 1 atom stereocenters. The molecule has 0 bridgehead atoms. The molecule has 0 radical (unpaired) electrons. The van der Waals surface area contributed by atoms with Crippen molar-refractivity contribution in [1.29, 1.82) is 0 Å². The van der Waals surface area contributed by atoms with Crippen LogP contribution in [0.5, 0.6) is 0 Å². The maximum atomic E-state index is 11.9. The predicted octanol–water partition coefficient (Wildman–Crippen LogP) is 3.17. The molecule has 0 saturated carbocycles. The number of aromatic amines is 1. The van der Waals surface area contributed by atoms with Crippen LogP contribution in [0.2, 0.25) is 0 Å². The largest absolute Gasteiger partial charge is 0.376 e. The molecular formula is C17H23N3O2S. The third-order valence-corrected chi connectivity index (χ3v) is 5.20. The molecule has 5 nitrogen and oxygen atoms in total. The standard InChI is InChI=1S/C17H23N3O2S/c1-12(2)14-7-5-13(6-8-14)11-23-17-19-18-16(21)20(17)10-15-4-3-9-22-15/h5-8,12,15H,3-4,9-11H2,1-2H3,(H,18,21). The van der Waals surface area contributed by atoms with E-state index in [9.17, 15) is 4.79 Å². The van der Waals surface area contributed by atoms with E-state index < -0.39 is 0 Å². The van der Waals surface area contributed by atoms with Gasteiger partial charge in [0.15, 0.2) is 5.16 Å². The van der Waals surface area contributed by atoms with Gasteiger partial charge in [0.05, 0.1) is 12.6 Å². The molecule has 2 aromatic rings. The van der Waals surface area contributed by atoms with Gasteiger partial charge in [-0.1, -0.05) is 49.9 Å². The molecule has 1 N–H and O–H groups in total. The van der Waals surface area contributed by atoms with Gasteiger partial charge in [0.2, 0.25) is 0 Å². The fourth-order valence-electron chi connectivity index (χ4n) is 2.71. The zero-order valence-corrected chi connectivity index (χ0v) is 14.4. The highest BCUT2D eigenvalue weighted by Crippen LogP contribution is 2.23. The van der Waals surface area contributed by atoms with Gasteiger partial charge in [-0.15, -0.1) is 5.10 Å². The summed E-state index contributed by atoms with van der Waals surface area (Å²) in [6, 6.07) is 8.64. The number of nitrogens with one attached hydrogen (secondary N) is 1. The second-order valence-corrected chi connectivity index (χ2v) is 7.18. The average molecular weight is 333 g/mol. The molecule has 0 aliphatic carbocycles. The Kier molecular flexibility index (Phi) is 5.23. The van der Waals surface area contributed by atoms with E-state index in [2.05, 4.69) is 48.3 Å². The molecule has 124 valence electrons. The number of H-pyrrole nitrogens is 1. The highest BCUT2D eigenvalue weighted by atomic mass is 32.2. The summed E-state index contributed by atoms with van der Waals surface area (Å²) in [4.78, 5) is 11.9. The fraction of sp³-hybridized carbons (Fsp3) is 0.529. The Morgan fingerprint density at radius 2 is 2.17 bits per heavy atom. The zero-order valence-electron chi connectivity index (χ0n) is 13.6. The van der Waals surface area contributed by atoms with E-state index in [0.717, 1.165) is 30.4 Å². The van der Waals surface area contributed by atoms with E-state index in [1.807, 2.05) is 0 Å². The van der Waals surface area contributed by atoms with Gasteiger partial charge in [-0.3, -0.25) is 4.57 Å². The van der Waals surface area contributed by atoms with Crippen molar-refractivity contribution in [2.24, 2.45) is 0 Å². The van der Waals surface area contributed by atoms with Crippen LogP contribution in [0.3, 0.4) is 0 Å². The predicted molar refractivity (Wildman–Crippen MR) is 91.9 cm³/mol. The van der Waals surface area contributed by atoms with Gasteiger partial charge in [0, 0.05) is 12.4 Å². The van der Waals surface area contributed by atoms with Crippen LogP contribution in [-0.4, -0.2) is 27.5 Å². The van der Waals surface area contributed by atoms with Crippen LogP contribution < -0.4 is 5.69 Å². The summed E-state index contributed by atoms with van der Waals surface area (Å²) < 4.78 is 7.32. The number of benzene rings is 1. The number of thioether (sulfide) groups is 1. The van der Waals surface area contributed by atoms with Crippen molar-refractivity contribution >= 4 is 11.8 Å². The van der Waals surface area contributed by atoms with Crippen molar-refractivity contribution in [2.45, 2.75) is 56.2 Å². The highest BCUT2D eigenvalue weighted by Gasteiger charge is 2.19. The minimum Gasteiger partial charge on any atom is -0.376 e. The van der Waals surface area contributed by atoms with Gasteiger partial charge in [-0.25, -0.2) is 9.89 Å². The van der Waals surface area contributed by atoms with Gasteiger partial charge >= 0.3 is 5.69 Å². The topological polar surface area (TPSA) is 59.9 Å². The van der Waals surface area contributed by atoms with E-state index in [1.165, 1.54) is 11.1 Å². The minimum atomic E-state index is -0.154. The second-order valence-electron chi connectivity index (χ2n) is 6.24. The Morgan fingerprint density at radius 1 is 1.39 bits per heavy atom. The van der Waals surface area contributed by atoms with Gasteiger partial charge in [-0.2, -0.15) is 0 Å². The Labute approximate surface area is 140 Å². The molecule has 0 spiro atoms. The monoisotopic (exact) mass is 333 g/mol. The molecule has 6 heteroatoms. The Morgan fingerprint density at radius 3 is 2.83 bits per heavy atom. The third-order valence-electron chi connectivity index (χ3n) is 4.15. The summed E-state index contributed by atoms with van der Waals surface area (Å²) in [5.74, 6) is 1.34. The number of nitrogens with zero attached hydrogens (tertiary/aromatic N) is 2. The van der Waals surface area contributed by atoms with Gasteiger partial charge in [0.25, 0.3) is 0 Å². The lowest BCUT2D eigenvalue weighted by molar-refractivity contribution is 0.0941. The summed E-state index contributed by atoms with van der Waals surface area (Å²) in [6.07, 6.45) is 2.22. The normalized spacial score (nSPS) is 18.0. The van der Waals surface area contributed by atoms with Crippen LogP contribution in [0.1, 0.15) is 43.7 Å². The average Bonchev–Trinajstić information content (AvgIpc) is 3.18. The van der Waals surface area contributed by atoms with Crippen molar-refractivity contribution in [2.75, 3.05) is 6.61 Å². The lowest BCUT2D eigenvalue weighted by Crippen LogP contribution is -2.24. The first-order chi connectivity index (χ1) is 11.1. The highest BCUT2D eigenvalue weighted by molar-refractivity contribution is 7.98. The van der Waals surface area contributed by atoms with Crippen molar-refractivity contribution < 1.29 is 4.74 Å². The summed E-state index contributed by atoms with van der Waals surface area (Å²) in [6.45, 7) is 5.76. The van der Waals surface area contributed by atoms with E-state index in [-0.39, 0.29) is 11.8 Å². The number of aromatic nitrogens is 3. The van der Waals surface area contributed by atoms with Gasteiger partial charge in [0.1, 0.15) is 0 Å². The zero-order chi connectivity index (χ0) is 16.2. The fourth-order valence-corrected chi connectivity index (χ4v) is 3.62. The number of hydrogen-bond donors (Lipinski definition) is 1. The summed E-state index contributed by atoms with van der Waals surface area (Å²) in [7, 11) is 0. The number of ether oxygens (including phenoxy) is 1. The molecule has 1 saturated heterocycles. The molecule has 23 heavy (non-hydrogen) atoms. The van der Waals surface area contributed by atoms with Crippen molar-refractivity contribution in [3.05, 3.63) is 45.9 Å². The minimum absolute atomic E-state index is 0.134. The Balaban J connectivity index is 1.64. The van der Waals surface area contributed by atoms with Crippen LogP contribution in [0.15, 0.2) is 34.2 Å². The quantitative estimate of drug-likeness (QED) is 0.825. The third kappa shape index (κ3) is 4.06. The molecule has 1 fully saturated rings. The van der Waals surface area contributed by atoms with E-state index in [1.54, 1.807) is 16.3 Å². The lowest BCUT2D eigenvalue weighted by Gasteiger charge is -2.11. The molecule has 0 amide bonds. The summed E-state index contributed by atoms with van der Waals surface area (Å²) >= 11 is 1.58. The van der Waals surface area contributed by atoms with Crippen molar-refractivity contribution in [3.8, 4) is 0 Å². The summed E-state index contributed by atoms with van der Waals surface area (Å²) in [5.41, 5.74) is 2.42. The van der Waals surface area contributed by atoms with Crippen LogP contribution in [-0.2, 0) is 17.0 Å². The molecule has 1 aromatic heterocycles. The van der Waals surface area contributed by atoms with Crippen LogP contribution >= 0.6 is 11.8 Å². The molecular weight excluding hydrogens is 310 g/mol. The first-order valence-electron chi connectivity index (χ1n) is 8.12. The van der Waals surface area contributed by atoms with Gasteiger partial charge < -0.3 is 4.74 Å². The number of rotatable bonds is 6. The molecule has 1 aliphatic heterocycles. The van der Waals surface area contributed by atoms with Crippen molar-refractivity contribution in [3.63, 3.8) is 0 Å². The molecule has 1 aliphatic rings. The maximum absolute atomic E-state index is 11.9. The molecule has 2 heterocycles. The Hall–Kier alpha value is -1.53. The molecule has 1 aromatic carbocycles. The van der Waals surface area contributed by atoms with Crippen LogP contribution in [0.4, 0.5) is 0 Å². The van der Waals surface area contributed by atoms with Gasteiger partial charge in [-0.05, 0) is 29.9 Å². The lowest BCUT2D eigenvalue weighted by atomic mass is 10.0. The number of hydrogen-bond acceptors (Lipinski definition) is 4. The van der Waals surface area contributed by atoms with E-state index in [0.29, 0.717) is 12.5 Å². The maximum Gasteiger partial charge on any atom is 0.344 e. The smallest absolute Gasteiger partial charge is 0.344 e. The van der Waals surface area contributed by atoms with Crippen LogP contribution in [0.25, 0.3) is 0 Å². The molecule has 1 unspecified atom stereocenters. The SMILES string of the molecule is CC(C)c1ccc(CSc2n[nH]c(=O)n2CC2CCCO2)cc1. The Bertz CT molecular complexity index is 685. The van der Waals surface area contributed by atoms with Crippen LogP contribution in [0, 0.1) is 0 Å². The second kappa shape index (κ2) is 7.36. The van der Waals surface area contributed by atoms with E-state index >= 15 is 0 Å². The first kappa shape index (κ1) is 16.3.